The van der Waals surface area contributed by atoms with E-state index in [1.807, 2.05) is 59.5 Å². The molecule has 7 nitrogen and oxygen atoms in total. The number of methoxy groups -OCH3 is 2. The first-order chi connectivity index (χ1) is 19.0. The number of rotatable bonds is 8. The van der Waals surface area contributed by atoms with Gasteiger partial charge >= 0.3 is 0 Å². The molecule has 39 heavy (non-hydrogen) atoms. The number of ether oxygens (including phenoxy) is 2. The van der Waals surface area contributed by atoms with Crippen molar-refractivity contribution in [2.75, 3.05) is 24.4 Å². The van der Waals surface area contributed by atoms with E-state index in [2.05, 4.69) is 17.2 Å². The van der Waals surface area contributed by atoms with E-state index in [0.717, 1.165) is 47.5 Å². The number of nitrogens with zero attached hydrogens (tertiary/aromatic N) is 2. The lowest BCUT2D eigenvalue weighted by Gasteiger charge is -2.35. The summed E-state index contributed by atoms with van der Waals surface area (Å²) in [4.78, 5) is 34.2. The highest BCUT2D eigenvalue weighted by Crippen LogP contribution is 2.48. The Morgan fingerprint density at radius 2 is 1.82 bits per heavy atom. The third kappa shape index (κ3) is 5.26. The molecule has 0 saturated heterocycles. The van der Waals surface area contributed by atoms with Crippen molar-refractivity contribution in [2.24, 2.45) is 0 Å². The first kappa shape index (κ1) is 26.5. The lowest BCUT2D eigenvalue weighted by Crippen LogP contribution is -2.38. The number of para-hydroxylation sites is 2. The topological polar surface area (TPSA) is 80.8 Å². The standard InChI is InChI=1S/C32H35N3O4/c1-4-5-6-13-30(37)35-26-12-8-7-11-24(26)34-25-17-23(21-14-15-28(38-2)29(19-21)39-3)18-27(36)31(25)32(35)22-10-9-16-33-20-22/h7-12,14-16,19-20,23,32,34H,4-6,13,17-18H2,1-3H3/t23-,32+/m1/s1. The van der Waals surface area contributed by atoms with Gasteiger partial charge in [0.2, 0.25) is 5.91 Å². The minimum absolute atomic E-state index is 0.00937. The van der Waals surface area contributed by atoms with E-state index >= 15 is 0 Å². The van der Waals surface area contributed by atoms with Crippen molar-refractivity contribution in [2.45, 2.75) is 57.4 Å². The quantitative estimate of drug-likeness (QED) is 0.335. The second-order valence-electron chi connectivity index (χ2n) is 10.1. The monoisotopic (exact) mass is 525 g/mol. The number of ketones is 1. The van der Waals surface area contributed by atoms with E-state index in [4.69, 9.17) is 9.47 Å². The molecule has 1 amide bonds. The molecule has 2 atom stereocenters. The van der Waals surface area contributed by atoms with Gasteiger partial charge in [-0.3, -0.25) is 19.5 Å². The van der Waals surface area contributed by atoms with Crippen LogP contribution in [0.25, 0.3) is 0 Å². The Labute approximate surface area is 229 Å². The number of fused-ring (bicyclic) bond motifs is 1. The van der Waals surface area contributed by atoms with E-state index < -0.39 is 6.04 Å². The number of hydrogen-bond donors (Lipinski definition) is 1. The summed E-state index contributed by atoms with van der Waals surface area (Å²) in [5, 5.41) is 3.58. The summed E-state index contributed by atoms with van der Waals surface area (Å²) in [6, 6.07) is 16.9. The van der Waals surface area contributed by atoms with Gasteiger partial charge in [0, 0.05) is 36.5 Å². The number of hydrogen-bond acceptors (Lipinski definition) is 6. The zero-order valence-electron chi connectivity index (χ0n) is 22.8. The van der Waals surface area contributed by atoms with Gasteiger partial charge in [0.05, 0.1) is 31.6 Å². The summed E-state index contributed by atoms with van der Waals surface area (Å²) in [7, 11) is 3.22. The molecule has 0 radical (unpaired) electrons. The fourth-order valence-electron chi connectivity index (χ4n) is 5.71. The van der Waals surface area contributed by atoms with Crippen molar-refractivity contribution in [3.63, 3.8) is 0 Å². The molecule has 3 aromatic rings. The molecule has 0 spiro atoms. The molecule has 5 rings (SSSR count). The number of nitrogens with one attached hydrogen (secondary N) is 1. The molecular weight excluding hydrogens is 490 g/mol. The fourth-order valence-corrected chi connectivity index (χ4v) is 5.71. The summed E-state index contributed by atoms with van der Waals surface area (Å²) in [6.45, 7) is 2.13. The van der Waals surface area contributed by atoms with Crippen molar-refractivity contribution in [3.05, 3.63) is 89.4 Å². The number of aromatic nitrogens is 1. The van der Waals surface area contributed by atoms with Crippen LogP contribution >= 0.6 is 0 Å². The summed E-state index contributed by atoms with van der Waals surface area (Å²) < 4.78 is 11.0. The van der Waals surface area contributed by atoms with Gasteiger partial charge in [-0.25, -0.2) is 0 Å². The molecule has 0 unspecified atom stereocenters. The number of carbonyl (C=O) groups excluding carboxylic acids is 2. The Kier molecular flexibility index (Phi) is 7.96. The van der Waals surface area contributed by atoms with Crippen molar-refractivity contribution in [1.82, 2.24) is 4.98 Å². The van der Waals surface area contributed by atoms with Gasteiger partial charge in [0.1, 0.15) is 0 Å². The number of unbranched alkanes of at least 4 members (excludes halogenated alkanes) is 2. The Balaban J connectivity index is 1.62. The number of allylic oxidation sites excluding steroid dienone is 1. The molecule has 202 valence electrons. The molecule has 1 aromatic heterocycles. The molecule has 0 fully saturated rings. The SMILES string of the molecule is CCCCCC(=O)N1c2ccccc2NC2=C(C(=O)C[C@H](c3ccc(OC)c(OC)c3)C2)[C@@H]1c1cccnc1. The second kappa shape index (κ2) is 11.7. The van der Waals surface area contributed by atoms with Gasteiger partial charge in [-0.2, -0.15) is 0 Å². The molecule has 0 bridgehead atoms. The summed E-state index contributed by atoms with van der Waals surface area (Å²) >= 11 is 0. The van der Waals surface area contributed by atoms with Crippen molar-refractivity contribution >= 4 is 23.1 Å². The zero-order chi connectivity index (χ0) is 27.4. The van der Waals surface area contributed by atoms with Crippen LogP contribution in [0.1, 0.15) is 68.5 Å². The van der Waals surface area contributed by atoms with Crippen molar-refractivity contribution in [1.29, 1.82) is 0 Å². The number of amides is 1. The van der Waals surface area contributed by atoms with Gasteiger partial charge < -0.3 is 14.8 Å². The smallest absolute Gasteiger partial charge is 0.227 e. The van der Waals surface area contributed by atoms with Gasteiger partial charge in [-0.05, 0) is 60.2 Å². The highest BCUT2D eigenvalue weighted by Gasteiger charge is 2.41. The molecular formula is C32H35N3O4. The Morgan fingerprint density at radius 3 is 2.56 bits per heavy atom. The largest absolute Gasteiger partial charge is 0.493 e. The van der Waals surface area contributed by atoms with Crippen molar-refractivity contribution in [3.8, 4) is 11.5 Å². The van der Waals surface area contributed by atoms with Crippen LogP contribution in [0, 0.1) is 0 Å². The van der Waals surface area contributed by atoms with E-state index in [0.29, 0.717) is 36.3 Å². The number of carbonyl (C=O) groups is 2. The van der Waals surface area contributed by atoms with Gasteiger partial charge in [0.25, 0.3) is 0 Å². The first-order valence-corrected chi connectivity index (χ1v) is 13.6. The predicted molar refractivity (Wildman–Crippen MR) is 152 cm³/mol. The minimum Gasteiger partial charge on any atom is -0.493 e. The highest BCUT2D eigenvalue weighted by atomic mass is 16.5. The predicted octanol–water partition coefficient (Wildman–Crippen LogP) is 6.58. The zero-order valence-corrected chi connectivity index (χ0v) is 22.8. The van der Waals surface area contributed by atoms with E-state index in [9.17, 15) is 9.59 Å². The van der Waals surface area contributed by atoms with Gasteiger partial charge in [0.15, 0.2) is 17.3 Å². The Bertz CT molecular complexity index is 1390. The molecule has 1 N–H and O–H groups in total. The maximum absolute atomic E-state index is 14.1. The van der Waals surface area contributed by atoms with Crippen LogP contribution in [0.15, 0.2) is 78.3 Å². The van der Waals surface area contributed by atoms with Crippen LogP contribution in [-0.4, -0.2) is 30.9 Å². The minimum atomic E-state index is -0.558. The van der Waals surface area contributed by atoms with Crippen LogP contribution in [0.5, 0.6) is 11.5 Å². The molecule has 2 aliphatic rings. The van der Waals surface area contributed by atoms with Crippen LogP contribution in [0.4, 0.5) is 11.4 Å². The number of Topliss-reactive ketones (excluding diaryl/α,β-unsaturated/α-hetero) is 1. The van der Waals surface area contributed by atoms with E-state index in [-0.39, 0.29) is 17.6 Å². The maximum atomic E-state index is 14.1. The molecule has 2 heterocycles. The third-order valence-corrected chi connectivity index (χ3v) is 7.63. The van der Waals surface area contributed by atoms with Gasteiger partial charge in [-0.1, -0.05) is 44.0 Å². The van der Waals surface area contributed by atoms with Crippen LogP contribution in [-0.2, 0) is 9.59 Å². The molecule has 0 saturated carbocycles. The molecule has 1 aliphatic heterocycles. The molecule has 2 aromatic carbocycles. The maximum Gasteiger partial charge on any atom is 0.227 e. The lowest BCUT2D eigenvalue weighted by molar-refractivity contribution is -0.119. The van der Waals surface area contributed by atoms with Gasteiger partial charge in [-0.15, -0.1) is 0 Å². The number of anilines is 2. The Morgan fingerprint density at radius 1 is 1.00 bits per heavy atom. The van der Waals surface area contributed by atoms with Crippen LogP contribution < -0.4 is 19.7 Å². The molecule has 7 heteroatoms. The van der Waals surface area contributed by atoms with Crippen molar-refractivity contribution < 1.29 is 19.1 Å². The van der Waals surface area contributed by atoms with E-state index in [1.54, 1.807) is 26.6 Å². The number of benzene rings is 2. The first-order valence-electron chi connectivity index (χ1n) is 13.6. The summed E-state index contributed by atoms with van der Waals surface area (Å²) in [5.41, 5.74) is 4.91. The van der Waals surface area contributed by atoms with E-state index in [1.165, 1.54) is 0 Å². The van der Waals surface area contributed by atoms with Crippen LogP contribution in [0.3, 0.4) is 0 Å². The summed E-state index contributed by atoms with van der Waals surface area (Å²) in [6.07, 6.45) is 7.68. The Hall–Kier alpha value is -4.13. The third-order valence-electron chi connectivity index (χ3n) is 7.63. The lowest BCUT2D eigenvalue weighted by atomic mass is 9.78. The fraction of sp³-hybridized carbons (Fsp3) is 0.344. The second-order valence-corrected chi connectivity index (χ2v) is 10.1. The molecule has 1 aliphatic carbocycles. The average molecular weight is 526 g/mol. The van der Waals surface area contributed by atoms with Crippen LogP contribution in [0.2, 0.25) is 0 Å². The highest BCUT2D eigenvalue weighted by molar-refractivity contribution is 6.06. The average Bonchev–Trinajstić information content (AvgIpc) is 3.12. The number of pyridine rings is 1. The normalized spacial score (nSPS) is 18.5. The summed E-state index contributed by atoms with van der Waals surface area (Å²) in [5.74, 6) is 1.28.